The SMILES string of the molecule is Cc1c[nH+]c(C)s1.[Br-]. The zero-order chi connectivity index (χ0) is 5.28. The van der Waals surface area contributed by atoms with Crippen LogP contribution in [0.3, 0.4) is 0 Å². The summed E-state index contributed by atoms with van der Waals surface area (Å²) < 4.78 is 0. The number of halogens is 1. The van der Waals surface area contributed by atoms with E-state index in [0.29, 0.717) is 0 Å². The molecule has 0 aliphatic carbocycles. The molecule has 0 aliphatic rings. The van der Waals surface area contributed by atoms with E-state index >= 15 is 0 Å². The first-order valence-corrected chi connectivity index (χ1v) is 3.05. The molecule has 0 unspecified atom stereocenters. The summed E-state index contributed by atoms with van der Waals surface area (Å²) in [6, 6.07) is 0. The van der Waals surface area contributed by atoms with E-state index in [1.54, 1.807) is 11.3 Å². The summed E-state index contributed by atoms with van der Waals surface area (Å²) in [6.07, 6.45) is 2.01. The molecule has 8 heavy (non-hydrogen) atoms. The first-order chi connectivity index (χ1) is 3.29. The molecule has 0 radical (unpaired) electrons. The summed E-state index contributed by atoms with van der Waals surface area (Å²) in [6.45, 7) is 4.16. The summed E-state index contributed by atoms with van der Waals surface area (Å²) in [5.41, 5.74) is 0. The van der Waals surface area contributed by atoms with Crippen LogP contribution in [0.2, 0.25) is 0 Å². The fourth-order valence-corrected chi connectivity index (χ4v) is 1.22. The highest BCUT2D eigenvalue weighted by atomic mass is 79.9. The van der Waals surface area contributed by atoms with Crippen LogP contribution in [0.15, 0.2) is 6.20 Å². The third kappa shape index (κ3) is 1.92. The monoisotopic (exact) mass is 193 g/mol. The van der Waals surface area contributed by atoms with Gasteiger partial charge in [0.25, 0.3) is 0 Å². The molecule has 1 aromatic heterocycles. The molecule has 0 fully saturated rings. The Kier molecular flexibility index (Phi) is 3.24. The van der Waals surface area contributed by atoms with Gasteiger partial charge in [-0.05, 0) is 6.92 Å². The minimum Gasteiger partial charge on any atom is -1.00 e. The lowest BCUT2D eigenvalue weighted by atomic mass is 10.6. The van der Waals surface area contributed by atoms with E-state index in [4.69, 9.17) is 0 Å². The molecule has 0 spiro atoms. The van der Waals surface area contributed by atoms with E-state index in [9.17, 15) is 0 Å². The minimum atomic E-state index is 0. The Balaban J connectivity index is 0.000000490. The topological polar surface area (TPSA) is 14.1 Å². The molecule has 0 amide bonds. The maximum absolute atomic E-state index is 3.09. The average molecular weight is 194 g/mol. The van der Waals surface area contributed by atoms with E-state index in [2.05, 4.69) is 18.8 Å². The van der Waals surface area contributed by atoms with Gasteiger partial charge in [-0.2, -0.15) is 0 Å². The van der Waals surface area contributed by atoms with Crippen molar-refractivity contribution in [1.29, 1.82) is 0 Å². The Hall–Kier alpha value is 0.110. The van der Waals surface area contributed by atoms with Gasteiger partial charge in [0.1, 0.15) is 0 Å². The van der Waals surface area contributed by atoms with Crippen molar-refractivity contribution < 1.29 is 22.0 Å². The van der Waals surface area contributed by atoms with Crippen LogP contribution in [0.5, 0.6) is 0 Å². The number of aromatic nitrogens is 1. The standard InChI is InChI=1S/C5H7NS.BrH/c1-4-3-6-5(2)7-4;/h3H,1-2H3;1H. The fraction of sp³-hybridized carbons (Fsp3) is 0.400. The van der Waals surface area contributed by atoms with Crippen LogP contribution in [-0.2, 0) is 0 Å². The second-order valence-corrected chi connectivity index (χ2v) is 3.02. The van der Waals surface area contributed by atoms with Crippen LogP contribution in [0, 0.1) is 13.8 Å². The Bertz CT molecular complexity index is 145. The number of nitrogens with one attached hydrogen (secondary N) is 1. The number of hydrogen-bond donors (Lipinski definition) is 0. The Morgan fingerprint density at radius 1 is 1.50 bits per heavy atom. The molecule has 1 aromatic rings. The highest BCUT2D eigenvalue weighted by Gasteiger charge is 1.94. The molecule has 1 nitrogen and oxygen atoms in total. The molecule has 1 rings (SSSR count). The number of thiazole rings is 1. The first kappa shape index (κ1) is 8.11. The molecule has 46 valence electrons. The molecule has 0 saturated heterocycles. The van der Waals surface area contributed by atoms with Crippen LogP contribution in [0.1, 0.15) is 9.88 Å². The van der Waals surface area contributed by atoms with Crippen LogP contribution >= 0.6 is 11.3 Å². The van der Waals surface area contributed by atoms with Crippen LogP contribution in [-0.4, -0.2) is 0 Å². The predicted molar refractivity (Wildman–Crippen MR) is 30.3 cm³/mol. The molecule has 0 aromatic carbocycles. The van der Waals surface area contributed by atoms with Gasteiger partial charge in [0.2, 0.25) is 5.01 Å². The zero-order valence-corrected chi connectivity index (χ0v) is 7.27. The summed E-state index contributed by atoms with van der Waals surface area (Å²) in [7, 11) is 0. The van der Waals surface area contributed by atoms with Gasteiger partial charge in [-0.3, -0.25) is 0 Å². The second kappa shape index (κ2) is 3.20. The second-order valence-electron chi connectivity index (χ2n) is 1.56. The van der Waals surface area contributed by atoms with Gasteiger partial charge in [0, 0.05) is 6.92 Å². The first-order valence-electron chi connectivity index (χ1n) is 2.24. The minimum absolute atomic E-state index is 0. The molecule has 0 atom stereocenters. The highest BCUT2D eigenvalue weighted by Crippen LogP contribution is 2.03. The summed E-state index contributed by atoms with van der Waals surface area (Å²) in [4.78, 5) is 4.43. The summed E-state index contributed by atoms with van der Waals surface area (Å²) in [5.74, 6) is 0. The molecule has 0 saturated carbocycles. The van der Waals surface area contributed by atoms with E-state index < -0.39 is 0 Å². The molecule has 0 aliphatic heterocycles. The van der Waals surface area contributed by atoms with Gasteiger partial charge < -0.3 is 17.0 Å². The van der Waals surface area contributed by atoms with Crippen molar-refractivity contribution in [3.05, 3.63) is 16.1 Å². The van der Waals surface area contributed by atoms with Crippen molar-refractivity contribution in [2.24, 2.45) is 0 Å². The highest BCUT2D eigenvalue weighted by molar-refractivity contribution is 7.11. The van der Waals surface area contributed by atoms with Gasteiger partial charge in [0.15, 0.2) is 6.20 Å². The van der Waals surface area contributed by atoms with Crippen LogP contribution in [0.25, 0.3) is 0 Å². The van der Waals surface area contributed by atoms with Gasteiger partial charge in [-0.1, -0.05) is 11.3 Å². The number of aromatic amines is 1. The van der Waals surface area contributed by atoms with Crippen molar-refractivity contribution in [3.8, 4) is 0 Å². The third-order valence-electron chi connectivity index (χ3n) is 0.793. The zero-order valence-electron chi connectivity index (χ0n) is 4.86. The van der Waals surface area contributed by atoms with Crippen molar-refractivity contribution in [1.82, 2.24) is 0 Å². The van der Waals surface area contributed by atoms with Crippen molar-refractivity contribution >= 4 is 11.3 Å². The Morgan fingerprint density at radius 2 is 2.12 bits per heavy atom. The maximum Gasteiger partial charge on any atom is 0.232 e. The number of H-pyrrole nitrogens is 1. The van der Waals surface area contributed by atoms with Crippen molar-refractivity contribution in [2.45, 2.75) is 13.8 Å². The number of aryl methyl sites for hydroxylation is 2. The average Bonchev–Trinajstić information content (AvgIpc) is 1.87. The van der Waals surface area contributed by atoms with E-state index in [1.807, 2.05) is 6.20 Å². The third-order valence-corrected chi connectivity index (χ3v) is 1.66. The van der Waals surface area contributed by atoms with E-state index in [-0.39, 0.29) is 17.0 Å². The van der Waals surface area contributed by atoms with Crippen LogP contribution < -0.4 is 22.0 Å². The quantitative estimate of drug-likeness (QED) is 0.462. The fourth-order valence-electron chi connectivity index (χ4n) is 0.504. The summed E-state index contributed by atoms with van der Waals surface area (Å²) >= 11 is 1.79. The summed E-state index contributed by atoms with van der Waals surface area (Å²) in [5, 5.41) is 1.28. The largest absolute Gasteiger partial charge is 1.00 e. The number of rotatable bonds is 0. The number of hydrogen-bond acceptors (Lipinski definition) is 1. The van der Waals surface area contributed by atoms with E-state index in [0.717, 1.165) is 0 Å². The normalized spacial score (nSPS) is 8.25. The lowest BCUT2D eigenvalue weighted by Crippen LogP contribution is -3.00. The molecule has 1 heterocycles. The lowest BCUT2D eigenvalue weighted by Gasteiger charge is -1.61. The van der Waals surface area contributed by atoms with Gasteiger partial charge in [0.05, 0.1) is 4.88 Å². The smallest absolute Gasteiger partial charge is 0.232 e. The molecular weight excluding hydrogens is 186 g/mol. The van der Waals surface area contributed by atoms with Crippen molar-refractivity contribution in [3.63, 3.8) is 0 Å². The molecule has 3 heteroatoms. The van der Waals surface area contributed by atoms with Gasteiger partial charge in [-0.15, -0.1) is 0 Å². The predicted octanol–water partition coefficient (Wildman–Crippen LogP) is -1.82. The molecule has 0 bridgehead atoms. The maximum atomic E-state index is 3.09. The van der Waals surface area contributed by atoms with Gasteiger partial charge >= 0.3 is 0 Å². The Morgan fingerprint density at radius 3 is 2.25 bits per heavy atom. The van der Waals surface area contributed by atoms with Crippen molar-refractivity contribution in [2.75, 3.05) is 0 Å². The Labute approximate surface area is 63.5 Å². The lowest BCUT2D eigenvalue weighted by molar-refractivity contribution is -0.380. The molecular formula is C5H8BrNS. The van der Waals surface area contributed by atoms with Gasteiger partial charge in [-0.25, -0.2) is 4.98 Å². The van der Waals surface area contributed by atoms with E-state index in [1.165, 1.54) is 9.88 Å². The molecule has 1 N–H and O–H groups in total. The van der Waals surface area contributed by atoms with Crippen LogP contribution in [0.4, 0.5) is 0 Å².